The van der Waals surface area contributed by atoms with E-state index in [2.05, 4.69) is 15.2 Å². The number of aromatic nitrogens is 1. The number of rotatable bonds is 5. The first-order valence-electron chi connectivity index (χ1n) is 6.82. The molecule has 1 N–H and O–H groups in total. The lowest BCUT2D eigenvalue weighted by Crippen LogP contribution is -2.35. The van der Waals surface area contributed by atoms with E-state index in [0.717, 1.165) is 18.8 Å². The maximum atomic E-state index is 12.4. The molecule has 0 saturated carbocycles. The molecule has 1 saturated heterocycles. The molecule has 5 heteroatoms. The van der Waals surface area contributed by atoms with Crippen molar-refractivity contribution in [1.82, 2.24) is 14.8 Å². The van der Waals surface area contributed by atoms with Gasteiger partial charge < -0.3 is 15.1 Å². The molecule has 2 heterocycles. The number of anilines is 1. The molecule has 0 radical (unpaired) electrons. The van der Waals surface area contributed by atoms with Gasteiger partial charge in [-0.3, -0.25) is 9.78 Å². The number of likely N-dealkylation sites (tertiary alicyclic amines) is 1. The summed E-state index contributed by atoms with van der Waals surface area (Å²) in [5.74, 6) is 0.0472. The first kappa shape index (κ1) is 13.8. The summed E-state index contributed by atoms with van der Waals surface area (Å²) in [5.41, 5.74) is 1.46. The van der Waals surface area contributed by atoms with Gasteiger partial charge >= 0.3 is 0 Å². The van der Waals surface area contributed by atoms with E-state index >= 15 is 0 Å². The summed E-state index contributed by atoms with van der Waals surface area (Å²) in [6.45, 7) is 4.06. The molecule has 104 valence electrons. The average Bonchev–Trinajstić information content (AvgIpc) is 2.97. The minimum atomic E-state index is 0.0472. The van der Waals surface area contributed by atoms with Crippen LogP contribution in [-0.4, -0.2) is 61.0 Å². The number of likely N-dealkylation sites (N-methyl/N-ethyl adjacent to an activating group) is 1. The normalized spacial score (nSPS) is 15.5. The van der Waals surface area contributed by atoms with Crippen molar-refractivity contribution in [1.29, 1.82) is 0 Å². The Kier molecular flexibility index (Phi) is 4.74. The lowest BCUT2D eigenvalue weighted by molar-refractivity contribution is 0.0783. The Labute approximate surface area is 114 Å². The van der Waals surface area contributed by atoms with Gasteiger partial charge in [-0.15, -0.1) is 0 Å². The number of hydrogen-bond donors (Lipinski definition) is 1. The fourth-order valence-electron chi connectivity index (χ4n) is 2.38. The summed E-state index contributed by atoms with van der Waals surface area (Å²) in [4.78, 5) is 20.6. The molecule has 0 aromatic carbocycles. The largest absolute Gasteiger partial charge is 0.386 e. The quantitative estimate of drug-likeness (QED) is 0.868. The summed E-state index contributed by atoms with van der Waals surface area (Å²) in [5, 5.41) is 3.01. The molecule has 2 rings (SSSR count). The SMILES string of the molecule is CNc1cnccc1C(=O)N(C)CCN1CCCC1. The molecule has 5 nitrogen and oxygen atoms in total. The molecule has 19 heavy (non-hydrogen) atoms. The van der Waals surface area contributed by atoms with E-state index in [1.54, 1.807) is 30.4 Å². The van der Waals surface area contributed by atoms with E-state index in [9.17, 15) is 4.79 Å². The summed E-state index contributed by atoms with van der Waals surface area (Å²) < 4.78 is 0. The second-order valence-corrected chi connectivity index (χ2v) is 4.95. The molecule has 0 unspecified atom stereocenters. The number of carbonyl (C=O) groups is 1. The molecule has 1 aliphatic heterocycles. The number of nitrogens with one attached hydrogen (secondary N) is 1. The molecule has 0 bridgehead atoms. The Bertz CT molecular complexity index is 429. The van der Waals surface area contributed by atoms with E-state index in [0.29, 0.717) is 5.56 Å². The third-order valence-electron chi connectivity index (χ3n) is 3.62. The fourth-order valence-corrected chi connectivity index (χ4v) is 2.38. The van der Waals surface area contributed by atoms with Crippen LogP contribution < -0.4 is 5.32 Å². The van der Waals surface area contributed by atoms with Crippen LogP contribution in [0.25, 0.3) is 0 Å². The Morgan fingerprint density at radius 2 is 2.21 bits per heavy atom. The van der Waals surface area contributed by atoms with Crippen molar-refractivity contribution in [3.8, 4) is 0 Å². The molecule has 1 aliphatic rings. The van der Waals surface area contributed by atoms with Crippen molar-refractivity contribution in [2.24, 2.45) is 0 Å². The zero-order valence-corrected chi connectivity index (χ0v) is 11.7. The van der Waals surface area contributed by atoms with E-state index in [4.69, 9.17) is 0 Å². The lowest BCUT2D eigenvalue weighted by Gasteiger charge is -2.22. The number of hydrogen-bond acceptors (Lipinski definition) is 4. The predicted molar refractivity (Wildman–Crippen MR) is 76.4 cm³/mol. The zero-order valence-electron chi connectivity index (χ0n) is 11.7. The Morgan fingerprint density at radius 3 is 2.89 bits per heavy atom. The van der Waals surface area contributed by atoms with Crippen LogP contribution in [0.3, 0.4) is 0 Å². The first-order chi connectivity index (χ1) is 9.22. The smallest absolute Gasteiger partial charge is 0.255 e. The lowest BCUT2D eigenvalue weighted by atomic mass is 10.2. The van der Waals surface area contributed by atoms with Crippen molar-refractivity contribution >= 4 is 11.6 Å². The summed E-state index contributed by atoms with van der Waals surface area (Å²) in [6, 6.07) is 1.76. The molecule has 0 spiro atoms. The van der Waals surface area contributed by atoms with Gasteiger partial charge in [-0.1, -0.05) is 0 Å². The monoisotopic (exact) mass is 262 g/mol. The van der Waals surface area contributed by atoms with E-state index < -0.39 is 0 Å². The molecule has 1 fully saturated rings. The maximum Gasteiger partial charge on any atom is 0.255 e. The van der Waals surface area contributed by atoms with Gasteiger partial charge in [-0.25, -0.2) is 0 Å². The predicted octanol–water partition coefficient (Wildman–Crippen LogP) is 1.29. The van der Waals surface area contributed by atoms with Gasteiger partial charge in [0.2, 0.25) is 0 Å². The van der Waals surface area contributed by atoms with Crippen molar-refractivity contribution in [3.05, 3.63) is 24.0 Å². The molecule has 1 aromatic rings. The van der Waals surface area contributed by atoms with Crippen LogP contribution in [0.15, 0.2) is 18.5 Å². The van der Waals surface area contributed by atoms with Crippen molar-refractivity contribution < 1.29 is 4.79 Å². The zero-order chi connectivity index (χ0) is 13.7. The minimum Gasteiger partial charge on any atom is -0.386 e. The molecule has 0 aliphatic carbocycles. The molecular formula is C14H22N4O. The number of amides is 1. The van der Waals surface area contributed by atoms with Gasteiger partial charge in [-0.2, -0.15) is 0 Å². The molecule has 1 amide bonds. The van der Waals surface area contributed by atoms with Crippen LogP contribution in [-0.2, 0) is 0 Å². The molecular weight excluding hydrogens is 240 g/mol. The van der Waals surface area contributed by atoms with Gasteiger partial charge in [0.1, 0.15) is 0 Å². The first-order valence-corrected chi connectivity index (χ1v) is 6.82. The third kappa shape index (κ3) is 3.44. The van der Waals surface area contributed by atoms with Gasteiger partial charge in [-0.05, 0) is 32.0 Å². The standard InChI is InChI=1S/C14H22N4O/c1-15-13-11-16-6-5-12(13)14(19)17(2)9-10-18-7-3-4-8-18/h5-6,11,15H,3-4,7-10H2,1-2H3. The highest BCUT2D eigenvalue weighted by atomic mass is 16.2. The molecule has 0 atom stereocenters. The van der Waals surface area contributed by atoms with Crippen LogP contribution in [0, 0.1) is 0 Å². The minimum absolute atomic E-state index is 0.0472. The Morgan fingerprint density at radius 1 is 1.47 bits per heavy atom. The van der Waals surface area contributed by atoms with Gasteiger partial charge in [0.25, 0.3) is 5.91 Å². The topological polar surface area (TPSA) is 48.5 Å². The van der Waals surface area contributed by atoms with Crippen LogP contribution in [0.4, 0.5) is 5.69 Å². The summed E-state index contributed by atoms with van der Waals surface area (Å²) in [7, 11) is 3.66. The highest BCUT2D eigenvalue weighted by Gasteiger charge is 2.17. The van der Waals surface area contributed by atoms with Crippen molar-refractivity contribution in [2.45, 2.75) is 12.8 Å². The van der Waals surface area contributed by atoms with Crippen LogP contribution in [0.1, 0.15) is 23.2 Å². The number of pyridine rings is 1. The van der Waals surface area contributed by atoms with Gasteiger partial charge in [0.05, 0.1) is 17.4 Å². The van der Waals surface area contributed by atoms with Crippen molar-refractivity contribution in [2.75, 3.05) is 45.6 Å². The summed E-state index contributed by atoms with van der Waals surface area (Å²) >= 11 is 0. The van der Waals surface area contributed by atoms with Crippen molar-refractivity contribution in [3.63, 3.8) is 0 Å². The highest BCUT2D eigenvalue weighted by Crippen LogP contribution is 2.14. The average molecular weight is 262 g/mol. The fraction of sp³-hybridized carbons (Fsp3) is 0.571. The van der Waals surface area contributed by atoms with Gasteiger partial charge in [0, 0.05) is 33.4 Å². The van der Waals surface area contributed by atoms with Gasteiger partial charge in [0.15, 0.2) is 0 Å². The number of carbonyl (C=O) groups excluding carboxylic acids is 1. The Hall–Kier alpha value is -1.62. The maximum absolute atomic E-state index is 12.4. The van der Waals surface area contributed by atoms with E-state index in [1.165, 1.54) is 25.9 Å². The summed E-state index contributed by atoms with van der Waals surface area (Å²) in [6.07, 6.45) is 5.90. The van der Waals surface area contributed by atoms with Crippen LogP contribution in [0.5, 0.6) is 0 Å². The second-order valence-electron chi connectivity index (χ2n) is 4.95. The number of nitrogens with zero attached hydrogens (tertiary/aromatic N) is 3. The van der Waals surface area contributed by atoms with Crippen LogP contribution >= 0.6 is 0 Å². The Balaban J connectivity index is 1.94. The van der Waals surface area contributed by atoms with Crippen LogP contribution in [0.2, 0.25) is 0 Å². The van der Waals surface area contributed by atoms with E-state index in [1.807, 2.05) is 7.05 Å². The second kappa shape index (κ2) is 6.52. The highest BCUT2D eigenvalue weighted by molar-refractivity contribution is 5.99. The molecule has 1 aromatic heterocycles. The third-order valence-corrected chi connectivity index (χ3v) is 3.62. The van der Waals surface area contributed by atoms with E-state index in [-0.39, 0.29) is 5.91 Å².